The fraction of sp³-hybridized carbons (Fsp3) is 0.529. The van der Waals surface area contributed by atoms with E-state index in [4.69, 9.17) is 25.8 Å². The van der Waals surface area contributed by atoms with Gasteiger partial charge in [0.25, 0.3) is 0 Å². The molecule has 0 unspecified atom stereocenters. The van der Waals surface area contributed by atoms with E-state index < -0.39 is 0 Å². The van der Waals surface area contributed by atoms with E-state index >= 15 is 0 Å². The number of aryl methyl sites for hydroxylation is 2. The number of rotatable bonds is 7. The van der Waals surface area contributed by atoms with Crippen molar-refractivity contribution in [3.63, 3.8) is 0 Å². The summed E-state index contributed by atoms with van der Waals surface area (Å²) in [6.07, 6.45) is 15.6. The van der Waals surface area contributed by atoms with Gasteiger partial charge in [-0.05, 0) is 212 Å². The highest BCUT2D eigenvalue weighted by Gasteiger charge is 2.56. The maximum Gasteiger partial charge on any atom is 0.119 e. The molecule has 0 aromatic heterocycles. The zero-order valence-corrected chi connectivity index (χ0v) is 35.5. The molecule has 57 heavy (non-hydrogen) atoms. The summed E-state index contributed by atoms with van der Waals surface area (Å²) < 4.78 is 16.2. The first-order valence-corrected chi connectivity index (χ1v) is 22.3. The molecule has 0 saturated heterocycles. The van der Waals surface area contributed by atoms with Crippen LogP contribution in [0.2, 0.25) is 5.02 Å². The second-order valence-electron chi connectivity index (χ2n) is 18.8. The van der Waals surface area contributed by atoms with E-state index in [-0.39, 0.29) is 0 Å². The van der Waals surface area contributed by atoms with Crippen LogP contribution >= 0.6 is 11.6 Å². The number of nitrogens with one attached hydrogen (secondary N) is 2. The van der Waals surface area contributed by atoms with Crippen LogP contribution in [0.1, 0.15) is 112 Å². The Hall–Kier alpha value is -3.83. The normalized spacial score (nSPS) is 33.1. The molecule has 5 nitrogen and oxygen atoms in total. The number of ether oxygens (including phenoxy) is 3. The molecule has 0 amide bonds. The first-order chi connectivity index (χ1) is 27.7. The highest BCUT2D eigenvalue weighted by molar-refractivity contribution is 6.30. The molecular formula is C51H63ClN2O3. The van der Waals surface area contributed by atoms with Gasteiger partial charge in [-0.2, -0.15) is 0 Å². The summed E-state index contributed by atoms with van der Waals surface area (Å²) >= 11 is 6.21. The van der Waals surface area contributed by atoms with Gasteiger partial charge in [-0.15, -0.1) is 0 Å². The van der Waals surface area contributed by atoms with Crippen LogP contribution in [0.15, 0.2) is 84.9 Å². The molecule has 10 atom stereocenters. The first-order valence-electron chi connectivity index (χ1n) is 22.0. The Balaban J connectivity index is 0.000000148. The van der Waals surface area contributed by atoms with E-state index in [0.29, 0.717) is 22.9 Å². The van der Waals surface area contributed by atoms with Crippen LogP contribution < -0.4 is 24.8 Å². The van der Waals surface area contributed by atoms with E-state index in [1.54, 1.807) is 32.5 Å². The SMILES string of the molecule is COc1ccc(N[C@H]2CC[C@H]3[C@@H]4CCc5cc(OC)ccc5[C@H]4CC[C@]23C)cc1.COc1ccc2c(c1)CC[C@@H]1[C@@H]2CC[C@]2(C)[C@@H](Nc3cccc(Cl)c3)CC[C@@H]12. The van der Waals surface area contributed by atoms with Gasteiger partial charge < -0.3 is 24.8 Å². The lowest BCUT2D eigenvalue weighted by Gasteiger charge is -2.51. The second kappa shape index (κ2) is 15.7. The predicted octanol–water partition coefficient (Wildman–Crippen LogP) is 12.7. The molecule has 6 aliphatic carbocycles. The summed E-state index contributed by atoms with van der Waals surface area (Å²) in [5.74, 6) is 7.70. The maximum absolute atomic E-state index is 6.21. The Bertz CT molecular complexity index is 2050. The molecule has 0 heterocycles. The molecule has 4 aromatic rings. The molecule has 302 valence electrons. The number of fused-ring (bicyclic) bond motifs is 10. The van der Waals surface area contributed by atoms with Crippen LogP contribution in [0.4, 0.5) is 11.4 Å². The number of benzene rings is 4. The number of methoxy groups -OCH3 is 3. The summed E-state index contributed by atoms with van der Waals surface area (Å²) in [6, 6.07) is 31.3. The maximum atomic E-state index is 6.21. The highest BCUT2D eigenvalue weighted by Crippen LogP contribution is 2.63. The third-order valence-corrected chi connectivity index (χ3v) is 16.7. The van der Waals surface area contributed by atoms with Crippen molar-refractivity contribution in [2.24, 2.45) is 34.5 Å². The van der Waals surface area contributed by atoms with E-state index in [1.807, 2.05) is 12.1 Å². The topological polar surface area (TPSA) is 51.8 Å². The molecule has 2 N–H and O–H groups in total. The molecule has 10 rings (SSSR count). The van der Waals surface area contributed by atoms with Crippen molar-refractivity contribution < 1.29 is 14.2 Å². The predicted molar refractivity (Wildman–Crippen MR) is 234 cm³/mol. The largest absolute Gasteiger partial charge is 0.497 e. The minimum atomic E-state index is 0.382. The van der Waals surface area contributed by atoms with Crippen LogP contribution in [-0.4, -0.2) is 33.4 Å². The minimum absolute atomic E-state index is 0.382. The van der Waals surface area contributed by atoms with Gasteiger partial charge in [0, 0.05) is 28.5 Å². The lowest BCUT2D eigenvalue weighted by atomic mass is 9.55. The molecule has 0 radical (unpaired) electrons. The second-order valence-corrected chi connectivity index (χ2v) is 19.3. The Kier molecular flexibility index (Phi) is 10.7. The van der Waals surface area contributed by atoms with Gasteiger partial charge in [-0.25, -0.2) is 0 Å². The molecule has 4 fully saturated rings. The molecule has 6 heteroatoms. The monoisotopic (exact) mass is 786 g/mol. The van der Waals surface area contributed by atoms with Crippen LogP contribution in [0, 0.1) is 34.5 Å². The van der Waals surface area contributed by atoms with Crippen molar-refractivity contribution in [3.8, 4) is 17.2 Å². The van der Waals surface area contributed by atoms with Crippen molar-refractivity contribution in [1.29, 1.82) is 0 Å². The van der Waals surface area contributed by atoms with Crippen LogP contribution in [0.5, 0.6) is 17.2 Å². The highest BCUT2D eigenvalue weighted by atomic mass is 35.5. The van der Waals surface area contributed by atoms with Crippen LogP contribution in [-0.2, 0) is 12.8 Å². The van der Waals surface area contributed by atoms with Gasteiger partial charge in [-0.3, -0.25) is 0 Å². The quantitative estimate of drug-likeness (QED) is 0.195. The van der Waals surface area contributed by atoms with E-state index in [0.717, 1.165) is 57.8 Å². The third-order valence-electron chi connectivity index (χ3n) is 16.5. The number of hydrogen-bond acceptors (Lipinski definition) is 5. The Morgan fingerprint density at radius 3 is 1.51 bits per heavy atom. The number of halogens is 1. The Morgan fingerprint density at radius 2 is 1.02 bits per heavy atom. The van der Waals surface area contributed by atoms with Gasteiger partial charge in [-0.1, -0.05) is 43.6 Å². The third kappa shape index (κ3) is 7.08. The molecule has 0 aliphatic heterocycles. The van der Waals surface area contributed by atoms with E-state index in [9.17, 15) is 0 Å². The van der Waals surface area contributed by atoms with E-state index in [1.165, 1.54) is 99.6 Å². The summed E-state index contributed by atoms with van der Waals surface area (Å²) in [6.45, 7) is 5.11. The Morgan fingerprint density at radius 1 is 0.526 bits per heavy atom. The average molecular weight is 788 g/mol. The van der Waals surface area contributed by atoms with Gasteiger partial charge in [0.1, 0.15) is 17.2 Å². The van der Waals surface area contributed by atoms with Crippen molar-refractivity contribution in [3.05, 3.63) is 112 Å². The standard InChI is InChI=1S/C26H33NO2.C25H30ClNO/c1-26-15-14-22-21-11-9-20(29-3)16-17(21)4-10-23(22)24(26)12-13-25(26)27-18-5-7-19(28-2)8-6-18;1-25-13-12-21-20-9-7-19(28-2)14-16(20)6-8-22(21)23(25)10-11-24(25)27-18-5-3-4-17(26)15-18/h5-9,11,16,22-25,27H,4,10,12-15H2,1-3H3;3-5,7,9,14-15,21-24,27H,6,8,10-13H2,1-2H3/t22-,23-,24+,25+,26+;21-,22-,23+,24+,25+/m11/s1. The fourth-order valence-electron chi connectivity index (χ4n) is 13.5. The van der Waals surface area contributed by atoms with Crippen molar-refractivity contribution in [1.82, 2.24) is 0 Å². The summed E-state index contributed by atoms with van der Waals surface area (Å²) in [7, 11) is 5.26. The lowest BCUT2D eigenvalue weighted by molar-refractivity contribution is 0.0535. The molecule has 0 spiro atoms. The number of anilines is 2. The average Bonchev–Trinajstić information content (AvgIpc) is 3.75. The van der Waals surface area contributed by atoms with Crippen molar-refractivity contribution in [2.45, 2.75) is 115 Å². The molecular weight excluding hydrogens is 724 g/mol. The molecule has 0 bridgehead atoms. The van der Waals surface area contributed by atoms with Crippen molar-refractivity contribution in [2.75, 3.05) is 32.0 Å². The smallest absolute Gasteiger partial charge is 0.119 e. The lowest BCUT2D eigenvalue weighted by Crippen LogP contribution is -2.46. The Labute approximate surface area is 346 Å². The first kappa shape index (κ1) is 38.7. The van der Waals surface area contributed by atoms with E-state index in [2.05, 4.69) is 97.3 Å². The molecule has 6 aliphatic rings. The van der Waals surface area contributed by atoms with Crippen molar-refractivity contribution >= 4 is 23.0 Å². The summed E-state index contributed by atoms with van der Waals surface area (Å²) in [4.78, 5) is 0. The van der Waals surface area contributed by atoms with Crippen LogP contribution in [0.3, 0.4) is 0 Å². The molecule has 4 aromatic carbocycles. The minimum Gasteiger partial charge on any atom is -0.497 e. The van der Waals surface area contributed by atoms with Gasteiger partial charge in [0.05, 0.1) is 21.3 Å². The zero-order valence-electron chi connectivity index (χ0n) is 34.8. The fourth-order valence-corrected chi connectivity index (χ4v) is 13.7. The summed E-state index contributed by atoms with van der Waals surface area (Å²) in [5, 5.41) is 8.55. The van der Waals surface area contributed by atoms with Gasteiger partial charge in [0.2, 0.25) is 0 Å². The zero-order chi connectivity index (χ0) is 39.3. The van der Waals surface area contributed by atoms with Gasteiger partial charge >= 0.3 is 0 Å². The van der Waals surface area contributed by atoms with Crippen LogP contribution in [0.25, 0.3) is 0 Å². The number of hydrogen-bond donors (Lipinski definition) is 2. The van der Waals surface area contributed by atoms with Gasteiger partial charge in [0.15, 0.2) is 0 Å². The molecule has 4 saturated carbocycles. The summed E-state index contributed by atoms with van der Waals surface area (Å²) in [5.41, 5.74) is 9.43.